The van der Waals surface area contributed by atoms with Gasteiger partial charge in [0.1, 0.15) is 15.8 Å². The maximum atomic E-state index is 11.6. The van der Waals surface area contributed by atoms with Gasteiger partial charge < -0.3 is 15.1 Å². The molecule has 0 unspecified atom stereocenters. The molecule has 3 aliphatic carbocycles. The van der Waals surface area contributed by atoms with Crippen LogP contribution in [-0.2, 0) is 5.41 Å². The summed E-state index contributed by atoms with van der Waals surface area (Å²) in [5.41, 5.74) is 8.08. The van der Waals surface area contributed by atoms with Crippen LogP contribution < -0.4 is 0 Å². The quantitative estimate of drug-likeness (QED) is 0.276. The molecule has 3 aromatic carbocycles. The molecule has 0 aromatic heterocycles. The molecule has 1 heterocycles. The number of nitrogens with zero attached hydrogens (tertiary/aromatic N) is 1. The maximum Gasteiger partial charge on any atom is 0.141 e. The van der Waals surface area contributed by atoms with Gasteiger partial charge in [-0.05, 0) is 48.1 Å². The van der Waals surface area contributed by atoms with E-state index < -0.39 is 0 Å². The second kappa shape index (κ2) is 6.30. The largest absolute Gasteiger partial charge is 0.508 e. The highest BCUT2D eigenvalue weighted by Crippen LogP contribution is 2.79. The fraction of sp³-hybridized carbons (Fsp3) is 0.296. The highest BCUT2D eigenvalue weighted by Gasteiger charge is 2.70. The predicted molar refractivity (Wildman–Crippen MR) is 131 cm³/mol. The molecule has 1 fully saturated rings. The first-order chi connectivity index (χ1) is 15.5. The monoisotopic (exact) mass is 457 g/mol. The number of thiocarbonyl (C=S) groups is 1. The summed E-state index contributed by atoms with van der Waals surface area (Å²) >= 11 is 7.09. The molecule has 3 atom stereocenters. The van der Waals surface area contributed by atoms with Gasteiger partial charge in [-0.25, -0.2) is 0 Å². The van der Waals surface area contributed by atoms with Crippen molar-refractivity contribution in [3.8, 4) is 11.5 Å². The summed E-state index contributed by atoms with van der Waals surface area (Å²) in [6.45, 7) is 4.06. The lowest BCUT2D eigenvalue weighted by Crippen LogP contribution is -2.52. The van der Waals surface area contributed by atoms with E-state index >= 15 is 0 Å². The lowest BCUT2D eigenvalue weighted by Gasteiger charge is -2.58. The fourth-order valence-corrected chi connectivity index (χ4v) is 8.19. The van der Waals surface area contributed by atoms with E-state index in [-0.39, 0.29) is 23.0 Å². The molecule has 1 saturated heterocycles. The zero-order valence-corrected chi connectivity index (χ0v) is 19.4. The van der Waals surface area contributed by atoms with Gasteiger partial charge in [-0.1, -0.05) is 72.0 Å². The molecule has 1 spiro atoms. The molecule has 4 aliphatic rings. The predicted octanol–water partition coefficient (Wildman–Crippen LogP) is 5.77. The summed E-state index contributed by atoms with van der Waals surface area (Å²) in [6, 6.07) is 17.0. The van der Waals surface area contributed by atoms with Crippen molar-refractivity contribution in [3.05, 3.63) is 87.5 Å². The van der Waals surface area contributed by atoms with Crippen LogP contribution in [0.15, 0.2) is 53.4 Å². The lowest BCUT2D eigenvalue weighted by atomic mass is 9.43. The molecular weight excluding hydrogens is 434 g/mol. The Labute approximate surface area is 197 Å². The van der Waals surface area contributed by atoms with Crippen LogP contribution >= 0.6 is 24.0 Å². The molecule has 5 heteroatoms. The number of hydrogen-bond acceptors (Lipinski definition) is 4. The highest BCUT2D eigenvalue weighted by atomic mass is 32.2. The van der Waals surface area contributed by atoms with Crippen molar-refractivity contribution in [1.29, 1.82) is 0 Å². The first-order valence-corrected chi connectivity index (χ1v) is 12.5. The summed E-state index contributed by atoms with van der Waals surface area (Å²) < 4.78 is 0.779. The molecule has 0 radical (unpaired) electrons. The van der Waals surface area contributed by atoms with E-state index in [1.165, 1.54) is 39.6 Å². The molecule has 3 nitrogen and oxygen atoms in total. The summed E-state index contributed by atoms with van der Waals surface area (Å²) in [7, 11) is 0. The van der Waals surface area contributed by atoms with Crippen molar-refractivity contribution in [3.63, 3.8) is 0 Å². The molecule has 2 N–H and O–H groups in total. The van der Waals surface area contributed by atoms with E-state index in [1.54, 1.807) is 6.07 Å². The molecule has 0 amide bonds. The highest BCUT2D eigenvalue weighted by molar-refractivity contribution is 8.23. The number of benzene rings is 3. The second-order valence-corrected chi connectivity index (χ2v) is 11.2. The first-order valence-electron chi connectivity index (χ1n) is 11.3. The minimum atomic E-state index is -0.171. The number of phenolic OH excluding ortho intramolecular Hbond substituents is 2. The zero-order chi connectivity index (χ0) is 21.8. The van der Waals surface area contributed by atoms with E-state index in [9.17, 15) is 10.2 Å². The first kappa shape index (κ1) is 19.0. The lowest BCUT2D eigenvalue weighted by molar-refractivity contribution is 0.325. The van der Waals surface area contributed by atoms with Crippen molar-refractivity contribution in [2.75, 3.05) is 13.1 Å². The minimum absolute atomic E-state index is 0.0686. The van der Waals surface area contributed by atoms with Crippen LogP contribution in [0.2, 0.25) is 0 Å². The third-order valence-corrected chi connectivity index (χ3v) is 9.53. The number of aryl methyl sites for hydroxylation is 1. The Kier molecular flexibility index (Phi) is 3.74. The van der Waals surface area contributed by atoms with Gasteiger partial charge in [0.2, 0.25) is 0 Å². The Morgan fingerprint density at radius 3 is 2.50 bits per heavy atom. The summed E-state index contributed by atoms with van der Waals surface area (Å²) in [5, 5.41) is 22.8. The smallest absolute Gasteiger partial charge is 0.141 e. The summed E-state index contributed by atoms with van der Waals surface area (Å²) in [4.78, 5) is 2.87. The van der Waals surface area contributed by atoms with Gasteiger partial charge in [-0.2, -0.15) is 0 Å². The third kappa shape index (κ3) is 2.07. The number of fused-ring (bicyclic) bond motifs is 7. The molecule has 7 rings (SSSR count). The molecule has 32 heavy (non-hydrogen) atoms. The van der Waals surface area contributed by atoms with E-state index in [0.29, 0.717) is 10.6 Å². The van der Waals surface area contributed by atoms with Crippen LogP contribution in [0.4, 0.5) is 0 Å². The van der Waals surface area contributed by atoms with Crippen LogP contribution in [0.5, 0.6) is 11.5 Å². The van der Waals surface area contributed by atoms with Gasteiger partial charge in [0.15, 0.2) is 0 Å². The van der Waals surface area contributed by atoms with Crippen molar-refractivity contribution >= 4 is 28.3 Å². The van der Waals surface area contributed by atoms with Gasteiger partial charge in [-0.3, -0.25) is 0 Å². The maximum absolute atomic E-state index is 11.6. The fourth-order valence-electron chi connectivity index (χ4n) is 6.86. The van der Waals surface area contributed by atoms with Crippen LogP contribution in [0.25, 0.3) is 0 Å². The van der Waals surface area contributed by atoms with E-state index in [4.69, 9.17) is 12.2 Å². The molecular formula is C27H23NO2S2. The minimum Gasteiger partial charge on any atom is -0.508 e. The number of hydrogen-bond donors (Lipinski definition) is 2. The number of thioether (sulfide) groups is 1. The number of likely N-dealkylation sites (tertiary alicyclic amines) is 1. The second-order valence-electron chi connectivity index (χ2n) is 9.54. The Morgan fingerprint density at radius 2 is 1.69 bits per heavy atom. The van der Waals surface area contributed by atoms with E-state index in [0.717, 1.165) is 41.4 Å². The zero-order valence-electron chi connectivity index (χ0n) is 17.8. The molecule has 0 saturated carbocycles. The topological polar surface area (TPSA) is 43.7 Å². The van der Waals surface area contributed by atoms with Crippen molar-refractivity contribution in [2.24, 2.45) is 0 Å². The third-order valence-electron chi connectivity index (χ3n) is 8.05. The van der Waals surface area contributed by atoms with Crippen molar-refractivity contribution in [1.82, 2.24) is 4.90 Å². The molecule has 1 aliphatic heterocycles. The molecule has 160 valence electrons. The Balaban J connectivity index is 1.42. The van der Waals surface area contributed by atoms with Crippen LogP contribution in [-0.4, -0.2) is 32.5 Å². The van der Waals surface area contributed by atoms with Gasteiger partial charge in [0.25, 0.3) is 0 Å². The molecule has 0 bridgehead atoms. The van der Waals surface area contributed by atoms with Crippen molar-refractivity contribution in [2.45, 2.75) is 41.9 Å². The molecule has 3 aromatic rings. The Bertz CT molecular complexity index is 1340. The van der Waals surface area contributed by atoms with Crippen LogP contribution in [0.1, 0.15) is 63.6 Å². The SMILES string of the molecule is Cc1ccc2c(c1)[C@@H]1c3c(O)c(SC(=S)N4CCCC4)cc(O)c3[C@@H]3c4ccccc4[C@]213. The van der Waals surface area contributed by atoms with Gasteiger partial charge in [0, 0.05) is 41.5 Å². The van der Waals surface area contributed by atoms with Crippen LogP contribution in [0, 0.1) is 6.92 Å². The standard InChI is InChI=1S/C27H23NO2S2/c1-14-8-9-18-16(12-14)24-22-21(23-15-6-2-3-7-17(15)27(18,23)24)19(29)13-20(25(22)30)32-26(31)28-10-4-5-11-28/h2-3,6-9,12-13,23-24,29-30H,4-5,10-11H2,1H3/t23-,24+,27+/m0/s1. The van der Waals surface area contributed by atoms with E-state index in [1.807, 2.05) is 0 Å². The Morgan fingerprint density at radius 1 is 0.969 bits per heavy atom. The average molecular weight is 458 g/mol. The number of aromatic hydroxyl groups is 2. The summed E-state index contributed by atoms with van der Waals surface area (Å²) in [5.74, 6) is 0.727. The van der Waals surface area contributed by atoms with Crippen molar-refractivity contribution < 1.29 is 10.2 Å². The van der Waals surface area contributed by atoms with E-state index in [2.05, 4.69) is 54.3 Å². The number of phenols is 2. The van der Waals surface area contributed by atoms with Crippen LogP contribution in [0.3, 0.4) is 0 Å². The Hall–Kier alpha value is -2.50. The normalized spacial score (nSPS) is 25.7. The summed E-state index contributed by atoms with van der Waals surface area (Å²) in [6.07, 6.45) is 2.31. The average Bonchev–Trinajstić information content (AvgIpc) is 3.37. The van der Waals surface area contributed by atoms with Gasteiger partial charge in [0.05, 0.1) is 4.90 Å². The van der Waals surface area contributed by atoms with Gasteiger partial charge >= 0.3 is 0 Å². The van der Waals surface area contributed by atoms with Gasteiger partial charge in [-0.15, -0.1) is 0 Å². The number of rotatable bonds is 1.